The number of piperazine rings is 1. The molecule has 0 aliphatic carbocycles. The zero-order valence-corrected chi connectivity index (χ0v) is 16.3. The number of aromatic nitrogens is 2. The van der Waals surface area contributed by atoms with Crippen molar-refractivity contribution in [1.29, 1.82) is 0 Å². The van der Waals surface area contributed by atoms with Crippen molar-refractivity contribution < 1.29 is 4.79 Å². The highest BCUT2D eigenvalue weighted by Crippen LogP contribution is 2.19. The number of hydrogen-bond acceptors (Lipinski definition) is 6. The van der Waals surface area contributed by atoms with Crippen molar-refractivity contribution in [1.82, 2.24) is 14.9 Å². The molecule has 7 nitrogen and oxygen atoms in total. The number of hydrogen-bond donors (Lipinski definition) is 2. The fourth-order valence-electron chi connectivity index (χ4n) is 2.87. The zero-order chi connectivity index (χ0) is 19.2. The highest BCUT2D eigenvalue weighted by Gasteiger charge is 2.14. The molecule has 7 heteroatoms. The Labute approximate surface area is 160 Å². The van der Waals surface area contributed by atoms with Crippen molar-refractivity contribution in [3.8, 4) is 0 Å². The topological polar surface area (TPSA) is 73.4 Å². The predicted octanol–water partition coefficient (Wildman–Crippen LogP) is 2.69. The number of carbonyl (C=O) groups excluding carboxylic acids is 1. The Hall–Kier alpha value is -2.67. The summed E-state index contributed by atoms with van der Waals surface area (Å²) in [7, 11) is 2.15. The first-order valence-corrected chi connectivity index (χ1v) is 9.48. The fourth-order valence-corrected chi connectivity index (χ4v) is 2.87. The number of nitrogens with one attached hydrogen (secondary N) is 2. The van der Waals surface area contributed by atoms with Gasteiger partial charge in [-0.05, 0) is 44.7 Å². The summed E-state index contributed by atoms with van der Waals surface area (Å²) < 4.78 is 0. The van der Waals surface area contributed by atoms with E-state index in [0.717, 1.165) is 38.3 Å². The molecule has 1 saturated heterocycles. The van der Waals surface area contributed by atoms with E-state index in [2.05, 4.69) is 63.4 Å². The highest BCUT2D eigenvalue weighted by atomic mass is 16.1. The number of nitrogens with zero attached hydrogens (tertiary/aromatic N) is 4. The van der Waals surface area contributed by atoms with Gasteiger partial charge >= 0.3 is 0 Å². The molecule has 2 heterocycles. The Morgan fingerprint density at radius 2 is 1.74 bits per heavy atom. The number of carbonyl (C=O) groups is 1. The maximum atomic E-state index is 12.4. The van der Waals surface area contributed by atoms with Crippen LogP contribution in [0.4, 0.5) is 17.3 Å². The lowest BCUT2D eigenvalue weighted by Gasteiger charge is -2.34. The van der Waals surface area contributed by atoms with Crippen molar-refractivity contribution in [2.24, 2.45) is 0 Å². The number of likely N-dealkylation sites (N-methyl/N-ethyl adjacent to an activating group) is 1. The molecule has 1 aromatic carbocycles. The van der Waals surface area contributed by atoms with E-state index in [-0.39, 0.29) is 5.91 Å². The van der Waals surface area contributed by atoms with E-state index in [1.807, 2.05) is 12.1 Å². The molecule has 1 atom stereocenters. The van der Waals surface area contributed by atoms with Gasteiger partial charge in [0.15, 0.2) is 0 Å². The SMILES string of the molecule is CCC(C)Nc1ncc(C(=O)Nc2ccc(N3CCN(C)CC3)cc2)cn1. The molecular formula is C20H28N6O. The van der Waals surface area contributed by atoms with Crippen LogP contribution in [0.2, 0.25) is 0 Å². The van der Waals surface area contributed by atoms with Gasteiger partial charge in [-0.15, -0.1) is 0 Å². The van der Waals surface area contributed by atoms with Crippen molar-refractivity contribution in [2.45, 2.75) is 26.3 Å². The summed E-state index contributed by atoms with van der Waals surface area (Å²) in [5.74, 6) is 0.329. The third-order valence-electron chi connectivity index (χ3n) is 4.90. The maximum absolute atomic E-state index is 12.4. The van der Waals surface area contributed by atoms with E-state index in [9.17, 15) is 4.79 Å². The summed E-state index contributed by atoms with van der Waals surface area (Å²) in [5.41, 5.74) is 2.39. The molecule has 1 unspecified atom stereocenters. The lowest BCUT2D eigenvalue weighted by atomic mass is 10.2. The van der Waals surface area contributed by atoms with Gasteiger partial charge in [0, 0.05) is 56.0 Å². The summed E-state index contributed by atoms with van der Waals surface area (Å²) in [4.78, 5) is 25.5. The summed E-state index contributed by atoms with van der Waals surface area (Å²) in [6.07, 6.45) is 4.08. The van der Waals surface area contributed by atoms with E-state index >= 15 is 0 Å². The minimum absolute atomic E-state index is 0.211. The lowest BCUT2D eigenvalue weighted by Crippen LogP contribution is -2.44. The molecule has 3 rings (SSSR count). The van der Waals surface area contributed by atoms with Crippen LogP contribution in [0, 0.1) is 0 Å². The van der Waals surface area contributed by atoms with Gasteiger partial charge in [0.25, 0.3) is 5.91 Å². The maximum Gasteiger partial charge on any atom is 0.258 e. The Kier molecular flexibility index (Phi) is 6.24. The van der Waals surface area contributed by atoms with Gasteiger partial charge in [0.1, 0.15) is 0 Å². The van der Waals surface area contributed by atoms with E-state index in [4.69, 9.17) is 0 Å². The molecule has 0 bridgehead atoms. The quantitative estimate of drug-likeness (QED) is 0.817. The summed E-state index contributed by atoms with van der Waals surface area (Å²) in [6, 6.07) is 8.27. The summed E-state index contributed by atoms with van der Waals surface area (Å²) in [5, 5.41) is 6.09. The van der Waals surface area contributed by atoms with E-state index in [1.54, 1.807) is 12.4 Å². The summed E-state index contributed by atoms with van der Waals surface area (Å²) in [6.45, 7) is 8.35. The van der Waals surface area contributed by atoms with Gasteiger partial charge in [-0.25, -0.2) is 9.97 Å². The number of amides is 1. The van der Waals surface area contributed by atoms with Gasteiger partial charge in [0.2, 0.25) is 5.95 Å². The Morgan fingerprint density at radius 3 is 2.33 bits per heavy atom. The van der Waals surface area contributed by atoms with E-state index in [1.165, 1.54) is 5.69 Å². The fraction of sp³-hybridized carbons (Fsp3) is 0.450. The molecule has 144 valence electrons. The second-order valence-corrected chi connectivity index (χ2v) is 7.04. The second-order valence-electron chi connectivity index (χ2n) is 7.04. The van der Waals surface area contributed by atoms with Crippen LogP contribution in [0.3, 0.4) is 0 Å². The van der Waals surface area contributed by atoms with Gasteiger partial charge in [-0.3, -0.25) is 4.79 Å². The first-order chi connectivity index (χ1) is 13.0. The van der Waals surface area contributed by atoms with Gasteiger partial charge < -0.3 is 20.4 Å². The molecule has 1 aliphatic heterocycles. The number of anilines is 3. The van der Waals surface area contributed by atoms with Crippen molar-refractivity contribution in [3.05, 3.63) is 42.2 Å². The number of benzene rings is 1. The van der Waals surface area contributed by atoms with Crippen molar-refractivity contribution in [3.63, 3.8) is 0 Å². The molecule has 1 fully saturated rings. The van der Waals surface area contributed by atoms with Crippen LogP contribution in [0.25, 0.3) is 0 Å². The first-order valence-electron chi connectivity index (χ1n) is 9.48. The smallest absolute Gasteiger partial charge is 0.258 e. The molecule has 27 heavy (non-hydrogen) atoms. The van der Waals surface area contributed by atoms with Crippen LogP contribution in [0.1, 0.15) is 30.6 Å². The van der Waals surface area contributed by atoms with E-state index < -0.39 is 0 Å². The van der Waals surface area contributed by atoms with Crippen molar-refractivity contribution in [2.75, 3.05) is 48.8 Å². The minimum Gasteiger partial charge on any atom is -0.369 e. The number of rotatable bonds is 6. The van der Waals surface area contributed by atoms with Crippen LogP contribution < -0.4 is 15.5 Å². The molecular weight excluding hydrogens is 340 g/mol. The highest BCUT2D eigenvalue weighted by molar-refractivity contribution is 6.03. The molecule has 2 N–H and O–H groups in total. The molecule has 0 radical (unpaired) electrons. The van der Waals surface area contributed by atoms with Crippen LogP contribution in [-0.2, 0) is 0 Å². The first kappa shape index (κ1) is 19.1. The zero-order valence-electron chi connectivity index (χ0n) is 16.3. The standard InChI is InChI=1S/C20H28N6O/c1-4-15(2)23-20-21-13-16(14-22-20)19(27)24-17-5-7-18(8-6-17)26-11-9-25(3)10-12-26/h5-8,13-15H,4,9-12H2,1-3H3,(H,24,27)(H,21,22,23). The molecule has 1 aromatic heterocycles. The largest absolute Gasteiger partial charge is 0.369 e. The van der Waals surface area contributed by atoms with Gasteiger partial charge in [0.05, 0.1) is 5.56 Å². The molecule has 0 saturated carbocycles. The molecule has 1 aliphatic rings. The second kappa shape index (κ2) is 8.81. The van der Waals surface area contributed by atoms with Crippen LogP contribution in [-0.4, -0.2) is 60.0 Å². The third-order valence-corrected chi connectivity index (χ3v) is 4.90. The van der Waals surface area contributed by atoms with Gasteiger partial charge in [-0.2, -0.15) is 0 Å². The average molecular weight is 368 g/mol. The normalized spacial score (nSPS) is 16.0. The van der Waals surface area contributed by atoms with E-state index in [0.29, 0.717) is 17.6 Å². The molecule has 1 amide bonds. The van der Waals surface area contributed by atoms with Gasteiger partial charge in [-0.1, -0.05) is 6.92 Å². The minimum atomic E-state index is -0.211. The average Bonchev–Trinajstić information content (AvgIpc) is 2.69. The third kappa shape index (κ3) is 5.17. The Morgan fingerprint density at radius 1 is 1.11 bits per heavy atom. The lowest BCUT2D eigenvalue weighted by molar-refractivity contribution is 0.102. The molecule has 2 aromatic rings. The molecule has 0 spiro atoms. The van der Waals surface area contributed by atoms with Crippen LogP contribution >= 0.6 is 0 Å². The van der Waals surface area contributed by atoms with Crippen molar-refractivity contribution >= 4 is 23.2 Å². The Balaban J connectivity index is 1.57. The van der Waals surface area contributed by atoms with Crippen LogP contribution in [0.15, 0.2) is 36.7 Å². The van der Waals surface area contributed by atoms with Crippen LogP contribution in [0.5, 0.6) is 0 Å². The Bertz CT molecular complexity index is 738. The summed E-state index contributed by atoms with van der Waals surface area (Å²) >= 11 is 0. The monoisotopic (exact) mass is 368 g/mol. The predicted molar refractivity (Wildman–Crippen MR) is 110 cm³/mol.